The van der Waals surface area contributed by atoms with Gasteiger partial charge in [-0.2, -0.15) is 8.78 Å². The number of nitrogens with two attached hydrogens (primary N) is 1. The number of carbonyl (C=O) groups excluding carboxylic acids is 1. The van der Waals surface area contributed by atoms with Gasteiger partial charge >= 0.3 is 12.3 Å². The number of primary amides is 1. The van der Waals surface area contributed by atoms with Gasteiger partial charge in [-0.05, 0) is 31.2 Å². The summed E-state index contributed by atoms with van der Waals surface area (Å²) in [6, 6.07) is 3.95. The monoisotopic (exact) mass is 343 g/mol. The average molecular weight is 343 g/mol. The van der Waals surface area contributed by atoms with Gasteiger partial charge in [-0.1, -0.05) is 0 Å². The van der Waals surface area contributed by atoms with Gasteiger partial charge in [0.2, 0.25) is 11.7 Å². The van der Waals surface area contributed by atoms with Crippen molar-refractivity contribution in [2.24, 2.45) is 11.7 Å². The first-order valence-electron chi connectivity index (χ1n) is 7.63. The van der Waals surface area contributed by atoms with Gasteiger partial charge in [0.1, 0.15) is 0 Å². The number of anilines is 1. The zero-order chi connectivity index (χ0) is 17.7. The predicted octanol–water partition coefficient (Wildman–Crippen LogP) is 2.68. The Balaban J connectivity index is 2.15. The molecule has 0 bridgehead atoms. The molecule has 1 heterocycles. The number of nitro groups is 1. The summed E-state index contributed by atoms with van der Waals surface area (Å²) in [7, 11) is 0. The second-order valence-electron chi connectivity index (χ2n) is 5.75. The third kappa shape index (κ3) is 4.77. The van der Waals surface area contributed by atoms with Crippen LogP contribution >= 0.6 is 0 Å². The first kappa shape index (κ1) is 17.9. The van der Waals surface area contributed by atoms with Crippen LogP contribution < -0.4 is 15.4 Å². The highest BCUT2D eigenvalue weighted by Gasteiger charge is 2.24. The lowest BCUT2D eigenvalue weighted by Crippen LogP contribution is -2.35. The summed E-state index contributed by atoms with van der Waals surface area (Å²) >= 11 is 0. The number of rotatable bonds is 7. The molecule has 0 aromatic heterocycles. The third-order valence-electron chi connectivity index (χ3n) is 4.04. The number of nitro benzene ring substituents is 1. The van der Waals surface area contributed by atoms with Crippen LogP contribution in [0, 0.1) is 16.0 Å². The molecule has 0 radical (unpaired) electrons. The lowest BCUT2D eigenvalue weighted by molar-refractivity contribution is -0.386. The molecule has 1 aromatic rings. The molecule has 1 fully saturated rings. The molecule has 1 aliphatic heterocycles. The van der Waals surface area contributed by atoms with E-state index in [0.29, 0.717) is 31.6 Å². The minimum atomic E-state index is -3.14. The highest BCUT2D eigenvalue weighted by Crippen LogP contribution is 2.34. The molecule has 0 spiro atoms. The third-order valence-corrected chi connectivity index (χ3v) is 4.04. The van der Waals surface area contributed by atoms with Crippen LogP contribution in [0.2, 0.25) is 0 Å². The van der Waals surface area contributed by atoms with E-state index in [1.165, 1.54) is 18.2 Å². The van der Waals surface area contributed by atoms with Gasteiger partial charge < -0.3 is 15.4 Å². The zero-order valence-electron chi connectivity index (χ0n) is 13.0. The SMILES string of the molecule is NC(=O)CC[C@H]1CCCN(c2ccc([N+](=O)[O-])c(OC(F)F)c2)C1. The summed E-state index contributed by atoms with van der Waals surface area (Å²) in [5, 5.41) is 10.9. The summed E-state index contributed by atoms with van der Waals surface area (Å²) in [6.45, 7) is -1.79. The predicted molar refractivity (Wildman–Crippen MR) is 83.1 cm³/mol. The maximum absolute atomic E-state index is 12.5. The molecule has 1 saturated heterocycles. The van der Waals surface area contributed by atoms with Crippen LogP contribution in [0.4, 0.5) is 20.2 Å². The number of nitrogens with zero attached hydrogens (tertiary/aromatic N) is 2. The van der Waals surface area contributed by atoms with Crippen molar-refractivity contribution in [2.75, 3.05) is 18.0 Å². The van der Waals surface area contributed by atoms with E-state index in [9.17, 15) is 23.7 Å². The van der Waals surface area contributed by atoms with Crippen molar-refractivity contribution in [2.45, 2.75) is 32.3 Å². The number of benzene rings is 1. The molecule has 2 N–H and O–H groups in total. The standard InChI is InChI=1S/C15H19F2N3O4/c16-15(17)24-13-8-11(4-5-12(13)20(22)23)19-7-1-2-10(9-19)3-6-14(18)21/h4-5,8,10,15H,1-3,6-7,9H2,(H2,18,21)/t10-/m1/s1. The van der Waals surface area contributed by atoms with Crippen LogP contribution in [-0.2, 0) is 4.79 Å². The molecule has 0 saturated carbocycles. The first-order chi connectivity index (χ1) is 11.4. The zero-order valence-corrected chi connectivity index (χ0v) is 13.0. The van der Waals surface area contributed by atoms with E-state index >= 15 is 0 Å². The largest absolute Gasteiger partial charge is 0.427 e. The van der Waals surface area contributed by atoms with Crippen molar-refractivity contribution >= 4 is 17.3 Å². The lowest BCUT2D eigenvalue weighted by Gasteiger charge is -2.34. The van der Waals surface area contributed by atoms with Crippen molar-refractivity contribution in [1.29, 1.82) is 0 Å². The summed E-state index contributed by atoms with van der Waals surface area (Å²) in [6.07, 6.45) is 2.81. The maximum atomic E-state index is 12.5. The quantitative estimate of drug-likeness (QED) is 0.606. The van der Waals surface area contributed by atoms with Gasteiger partial charge in [0, 0.05) is 37.3 Å². The smallest absolute Gasteiger partial charge is 0.387 e. The van der Waals surface area contributed by atoms with Gasteiger partial charge in [-0.3, -0.25) is 14.9 Å². The molecule has 24 heavy (non-hydrogen) atoms. The molecule has 1 aromatic carbocycles. The highest BCUT2D eigenvalue weighted by atomic mass is 19.3. The van der Waals surface area contributed by atoms with Crippen LogP contribution in [-0.4, -0.2) is 30.5 Å². The fourth-order valence-electron chi connectivity index (χ4n) is 2.92. The van der Waals surface area contributed by atoms with Crippen LogP contribution in [0.3, 0.4) is 0 Å². The Morgan fingerprint density at radius 1 is 1.50 bits per heavy atom. The Labute approximate surface area is 137 Å². The molecule has 2 rings (SSSR count). The Morgan fingerprint density at radius 2 is 2.25 bits per heavy atom. The highest BCUT2D eigenvalue weighted by molar-refractivity contribution is 5.73. The van der Waals surface area contributed by atoms with E-state index < -0.39 is 23.0 Å². The van der Waals surface area contributed by atoms with Crippen molar-refractivity contribution in [3.8, 4) is 5.75 Å². The van der Waals surface area contributed by atoms with Gasteiger partial charge in [0.15, 0.2) is 0 Å². The van der Waals surface area contributed by atoms with Crippen LogP contribution in [0.25, 0.3) is 0 Å². The topological polar surface area (TPSA) is 98.7 Å². The summed E-state index contributed by atoms with van der Waals surface area (Å²) in [4.78, 5) is 23.0. The number of amides is 1. The number of alkyl halides is 2. The number of hydrogen-bond donors (Lipinski definition) is 1. The molecule has 9 heteroatoms. The molecule has 0 unspecified atom stereocenters. The number of hydrogen-bond acceptors (Lipinski definition) is 5. The summed E-state index contributed by atoms with van der Waals surface area (Å²) in [5.41, 5.74) is 5.25. The minimum Gasteiger partial charge on any atom is -0.427 e. The minimum absolute atomic E-state index is 0.265. The van der Waals surface area contributed by atoms with Crippen LogP contribution in [0.5, 0.6) is 5.75 Å². The molecular weight excluding hydrogens is 324 g/mol. The Morgan fingerprint density at radius 3 is 2.88 bits per heavy atom. The number of ether oxygens (including phenoxy) is 1. The summed E-state index contributed by atoms with van der Waals surface area (Å²) in [5.74, 6) is -0.539. The maximum Gasteiger partial charge on any atom is 0.387 e. The molecule has 1 amide bonds. The van der Waals surface area contributed by atoms with E-state index in [2.05, 4.69) is 4.74 Å². The fraction of sp³-hybridized carbons (Fsp3) is 0.533. The second-order valence-corrected chi connectivity index (χ2v) is 5.75. The van der Waals surface area contributed by atoms with E-state index in [4.69, 9.17) is 5.73 Å². The van der Waals surface area contributed by atoms with Crippen molar-refractivity contribution in [3.63, 3.8) is 0 Å². The Bertz CT molecular complexity index is 612. The molecular formula is C15H19F2N3O4. The summed E-state index contributed by atoms with van der Waals surface area (Å²) < 4.78 is 29.2. The molecule has 1 aliphatic rings. The molecule has 7 nitrogen and oxygen atoms in total. The number of halogens is 2. The van der Waals surface area contributed by atoms with E-state index in [-0.39, 0.29) is 11.8 Å². The van der Waals surface area contributed by atoms with Crippen molar-refractivity contribution < 1.29 is 23.2 Å². The average Bonchev–Trinajstić information content (AvgIpc) is 2.52. The van der Waals surface area contributed by atoms with Gasteiger partial charge in [-0.25, -0.2) is 0 Å². The van der Waals surface area contributed by atoms with Gasteiger partial charge in [0.05, 0.1) is 4.92 Å². The van der Waals surface area contributed by atoms with Crippen LogP contribution in [0.1, 0.15) is 25.7 Å². The van der Waals surface area contributed by atoms with Gasteiger partial charge in [0.25, 0.3) is 0 Å². The van der Waals surface area contributed by atoms with Gasteiger partial charge in [-0.15, -0.1) is 0 Å². The second kappa shape index (κ2) is 7.89. The van der Waals surface area contributed by atoms with Crippen molar-refractivity contribution in [3.05, 3.63) is 28.3 Å². The van der Waals surface area contributed by atoms with E-state index in [1.807, 2.05) is 4.90 Å². The van der Waals surface area contributed by atoms with E-state index in [1.54, 1.807) is 0 Å². The number of piperidine rings is 1. The number of carbonyl (C=O) groups is 1. The molecule has 1 atom stereocenters. The van der Waals surface area contributed by atoms with Crippen molar-refractivity contribution in [1.82, 2.24) is 0 Å². The van der Waals surface area contributed by atoms with E-state index in [0.717, 1.165) is 12.8 Å². The molecule has 0 aliphatic carbocycles. The molecule has 132 valence electrons. The Kier molecular flexibility index (Phi) is 5.88. The normalized spacial score (nSPS) is 17.8. The fourth-order valence-corrected chi connectivity index (χ4v) is 2.92. The Hall–Kier alpha value is -2.45. The van der Waals surface area contributed by atoms with Crippen LogP contribution in [0.15, 0.2) is 18.2 Å². The lowest BCUT2D eigenvalue weighted by atomic mass is 9.93. The first-order valence-corrected chi connectivity index (χ1v) is 7.63.